The zero-order chi connectivity index (χ0) is 13.7. The van der Waals surface area contributed by atoms with Gasteiger partial charge in [0.15, 0.2) is 0 Å². The molecule has 0 fully saturated rings. The smallest absolute Gasteiger partial charge is 0.0640 e. The van der Waals surface area contributed by atoms with E-state index in [0.29, 0.717) is 6.54 Å². The number of aliphatic hydroxyl groups excluding tert-OH is 1. The quantitative estimate of drug-likeness (QED) is 0.858. The van der Waals surface area contributed by atoms with Crippen molar-refractivity contribution in [2.24, 2.45) is 0 Å². The van der Waals surface area contributed by atoms with Crippen molar-refractivity contribution < 1.29 is 5.11 Å². The molecule has 1 unspecified atom stereocenters. The van der Waals surface area contributed by atoms with E-state index in [-0.39, 0.29) is 12.6 Å². The van der Waals surface area contributed by atoms with E-state index in [0.717, 1.165) is 16.6 Å². The van der Waals surface area contributed by atoms with Crippen molar-refractivity contribution >= 4 is 15.9 Å². The van der Waals surface area contributed by atoms with Crippen molar-refractivity contribution in [2.75, 3.05) is 6.61 Å². The molecule has 0 spiro atoms. The molecule has 1 atom stereocenters. The standard InChI is InChI=1S/C14H18BrN3O/c1-11(13-2-4-14(15)5-3-13)16-8-12-9-17-18(10-12)6-7-19/h2-5,9-11,16,19H,6-8H2,1H3. The minimum atomic E-state index is 0.115. The van der Waals surface area contributed by atoms with E-state index in [9.17, 15) is 0 Å². The van der Waals surface area contributed by atoms with Crippen LogP contribution < -0.4 is 5.32 Å². The van der Waals surface area contributed by atoms with Crippen LogP contribution in [0.3, 0.4) is 0 Å². The first-order valence-corrected chi connectivity index (χ1v) is 7.09. The van der Waals surface area contributed by atoms with Crippen molar-refractivity contribution in [3.63, 3.8) is 0 Å². The van der Waals surface area contributed by atoms with Crippen molar-refractivity contribution in [1.29, 1.82) is 0 Å². The van der Waals surface area contributed by atoms with Crippen LogP contribution in [-0.4, -0.2) is 21.5 Å². The molecule has 19 heavy (non-hydrogen) atoms. The van der Waals surface area contributed by atoms with E-state index in [4.69, 9.17) is 5.11 Å². The highest BCUT2D eigenvalue weighted by Crippen LogP contribution is 2.16. The molecule has 102 valence electrons. The van der Waals surface area contributed by atoms with Gasteiger partial charge < -0.3 is 10.4 Å². The Balaban J connectivity index is 1.88. The predicted molar refractivity (Wildman–Crippen MR) is 78.7 cm³/mol. The van der Waals surface area contributed by atoms with Gasteiger partial charge in [-0.1, -0.05) is 28.1 Å². The van der Waals surface area contributed by atoms with E-state index in [1.54, 1.807) is 4.68 Å². The van der Waals surface area contributed by atoms with Crippen molar-refractivity contribution in [2.45, 2.75) is 26.1 Å². The maximum Gasteiger partial charge on any atom is 0.0640 e. The molecule has 4 nitrogen and oxygen atoms in total. The molecule has 0 amide bonds. The second-order valence-corrected chi connectivity index (χ2v) is 5.41. The number of aromatic nitrogens is 2. The lowest BCUT2D eigenvalue weighted by atomic mass is 10.1. The summed E-state index contributed by atoms with van der Waals surface area (Å²) >= 11 is 3.44. The Morgan fingerprint density at radius 1 is 1.37 bits per heavy atom. The van der Waals surface area contributed by atoms with E-state index < -0.39 is 0 Å². The Morgan fingerprint density at radius 3 is 2.79 bits per heavy atom. The summed E-state index contributed by atoms with van der Waals surface area (Å²) in [6.07, 6.45) is 3.79. The number of aliphatic hydroxyl groups is 1. The normalized spacial score (nSPS) is 12.6. The van der Waals surface area contributed by atoms with Crippen LogP contribution in [0.25, 0.3) is 0 Å². The van der Waals surface area contributed by atoms with Gasteiger partial charge in [0.1, 0.15) is 0 Å². The number of hydrogen-bond donors (Lipinski definition) is 2. The first kappa shape index (κ1) is 14.2. The SMILES string of the molecule is CC(NCc1cnn(CCO)c1)c1ccc(Br)cc1. The summed E-state index contributed by atoms with van der Waals surface area (Å²) in [4.78, 5) is 0. The van der Waals surface area contributed by atoms with E-state index >= 15 is 0 Å². The number of benzene rings is 1. The average Bonchev–Trinajstić information content (AvgIpc) is 2.85. The second-order valence-electron chi connectivity index (χ2n) is 4.49. The molecule has 5 heteroatoms. The highest BCUT2D eigenvalue weighted by molar-refractivity contribution is 9.10. The summed E-state index contributed by atoms with van der Waals surface area (Å²) in [5.74, 6) is 0. The molecular weight excluding hydrogens is 306 g/mol. The molecule has 0 saturated heterocycles. The number of hydrogen-bond acceptors (Lipinski definition) is 3. The lowest BCUT2D eigenvalue weighted by Gasteiger charge is -2.13. The molecule has 1 aromatic heterocycles. The van der Waals surface area contributed by atoms with Crippen LogP contribution in [0.4, 0.5) is 0 Å². The molecule has 0 saturated carbocycles. The third-order valence-corrected chi connectivity index (χ3v) is 3.53. The maximum atomic E-state index is 8.84. The Bertz CT molecular complexity index is 510. The first-order valence-electron chi connectivity index (χ1n) is 6.30. The molecule has 2 N–H and O–H groups in total. The molecule has 1 aromatic carbocycles. The second kappa shape index (κ2) is 6.84. The van der Waals surface area contributed by atoms with Crippen LogP contribution in [0.1, 0.15) is 24.1 Å². The molecule has 0 bridgehead atoms. The number of nitrogens with one attached hydrogen (secondary N) is 1. The topological polar surface area (TPSA) is 50.1 Å². The van der Waals surface area contributed by atoms with Gasteiger partial charge in [0.2, 0.25) is 0 Å². The fraction of sp³-hybridized carbons (Fsp3) is 0.357. The molecule has 0 aliphatic heterocycles. The van der Waals surface area contributed by atoms with E-state index in [1.807, 2.05) is 24.5 Å². The molecule has 1 heterocycles. The lowest BCUT2D eigenvalue weighted by Crippen LogP contribution is -2.17. The summed E-state index contributed by atoms with van der Waals surface area (Å²) in [6, 6.07) is 8.60. The number of rotatable bonds is 6. The van der Waals surface area contributed by atoms with Crippen LogP contribution in [0.5, 0.6) is 0 Å². The van der Waals surface area contributed by atoms with Crippen molar-refractivity contribution in [3.05, 3.63) is 52.3 Å². The van der Waals surface area contributed by atoms with Gasteiger partial charge in [0.25, 0.3) is 0 Å². The Morgan fingerprint density at radius 2 is 2.11 bits per heavy atom. The maximum absolute atomic E-state index is 8.84. The van der Waals surface area contributed by atoms with Crippen molar-refractivity contribution in [1.82, 2.24) is 15.1 Å². The summed E-state index contributed by atoms with van der Waals surface area (Å²) in [7, 11) is 0. The molecule has 0 aliphatic rings. The van der Waals surface area contributed by atoms with Crippen LogP contribution in [0, 0.1) is 0 Å². The number of halogens is 1. The molecule has 2 rings (SSSR count). The van der Waals surface area contributed by atoms with Crippen LogP contribution in [0.15, 0.2) is 41.1 Å². The monoisotopic (exact) mass is 323 g/mol. The zero-order valence-electron chi connectivity index (χ0n) is 10.9. The minimum absolute atomic E-state index is 0.115. The van der Waals surface area contributed by atoms with Crippen molar-refractivity contribution in [3.8, 4) is 0 Å². The predicted octanol–water partition coefficient (Wildman–Crippen LogP) is 2.49. The highest BCUT2D eigenvalue weighted by Gasteiger charge is 2.05. The summed E-state index contributed by atoms with van der Waals surface area (Å²) in [5.41, 5.74) is 2.38. The van der Waals surface area contributed by atoms with Crippen LogP contribution in [0.2, 0.25) is 0 Å². The van der Waals surface area contributed by atoms with Gasteiger partial charge in [-0.05, 0) is 24.6 Å². The largest absolute Gasteiger partial charge is 0.394 e. The summed E-state index contributed by atoms with van der Waals surface area (Å²) < 4.78 is 2.84. The zero-order valence-corrected chi connectivity index (χ0v) is 12.5. The minimum Gasteiger partial charge on any atom is -0.394 e. The third kappa shape index (κ3) is 4.16. The summed E-state index contributed by atoms with van der Waals surface area (Å²) in [5, 5.41) is 16.5. The first-order chi connectivity index (χ1) is 9.19. The Hall–Kier alpha value is -1.17. The van der Waals surface area contributed by atoms with Gasteiger partial charge in [0.05, 0.1) is 19.3 Å². The fourth-order valence-electron chi connectivity index (χ4n) is 1.86. The molecular formula is C14H18BrN3O. The van der Waals surface area contributed by atoms with Gasteiger partial charge in [-0.2, -0.15) is 5.10 Å². The molecule has 0 radical (unpaired) electrons. The van der Waals surface area contributed by atoms with E-state index in [2.05, 4.69) is 45.4 Å². The highest BCUT2D eigenvalue weighted by atomic mass is 79.9. The van der Waals surface area contributed by atoms with Gasteiger partial charge in [-0.15, -0.1) is 0 Å². The molecule has 0 aliphatic carbocycles. The van der Waals surface area contributed by atoms with E-state index in [1.165, 1.54) is 5.56 Å². The molecule has 2 aromatic rings. The third-order valence-electron chi connectivity index (χ3n) is 3.00. The number of nitrogens with zero attached hydrogens (tertiary/aromatic N) is 2. The summed E-state index contributed by atoms with van der Waals surface area (Å²) in [6.45, 7) is 3.57. The Kier molecular flexibility index (Phi) is 5.13. The van der Waals surface area contributed by atoms with Crippen LogP contribution >= 0.6 is 15.9 Å². The fourth-order valence-corrected chi connectivity index (χ4v) is 2.13. The average molecular weight is 324 g/mol. The Labute approximate surface area is 121 Å². The van der Waals surface area contributed by atoms with Gasteiger partial charge in [-0.25, -0.2) is 0 Å². The van der Waals surface area contributed by atoms with Gasteiger partial charge in [0, 0.05) is 28.8 Å². The van der Waals surface area contributed by atoms with Gasteiger partial charge in [-0.3, -0.25) is 4.68 Å². The van der Waals surface area contributed by atoms with Crippen LogP contribution in [-0.2, 0) is 13.1 Å². The van der Waals surface area contributed by atoms with Gasteiger partial charge >= 0.3 is 0 Å². The lowest BCUT2D eigenvalue weighted by molar-refractivity contribution is 0.269.